The SMILES string of the molecule is COc1cc(C(=O)O)cc(N)c1N. The van der Waals surface area contributed by atoms with Crippen LogP contribution in [0.4, 0.5) is 11.4 Å². The lowest BCUT2D eigenvalue weighted by Gasteiger charge is -2.07. The Hall–Kier alpha value is -1.91. The Kier molecular flexibility index (Phi) is 2.27. The minimum absolute atomic E-state index is 0.0588. The molecule has 0 fully saturated rings. The lowest BCUT2D eigenvalue weighted by Crippen LogP contribution is -2.03. The molecule has 1 aromatic rings. The summed E-state index contributed by atoms with van der Waals surface area (Å²) in [5.41, 5.74) is 11.5. The van der Waals surface area contributed by atoms with Gasteiger partial charge in [-0.15, -0.1) is 0 Å². The van der Waals surface area contributed by atoms with Crippen molar-refractivity contribution in [1.29, 1.82) is 0 Å². The minimum atomic E-state index is -1.06. The number of nitrogens with two attached hydrogens (primary N) is 2. The van der Waals surface area contributed by atoms with Gasteiger partial charge in [0.1, 0.15) is 5.75 Å². The molecule has 13 heavy (non-hydrogen) atoms. The molecule has 0 saturated heterocycles. The fourth-order valence-electron chi connectivity index (χ4n) is 0.941. The molecule has 0 spiro atoms. The maximum atomic E-state index is 10.6. The van der Waals surface area contributed by atoms with Crippen LogP contribution < -0.4 is 16.2 Å². The van der Waals surface area contributed by atoms with Crippen molar-refractivity contribution in [1.82, 2.24) is 0 Å². The molecule has 1 aromatic carbocycles. The number of aromatic carboxylic acids is 1. The first kappa shape index (κ1) is 9.18. The van der Waals surface area contributed by atoms with Crippen LogP contribution in [0.5, 0.6) is 5.75 Å². The van der Waals surface area contributed by atoms with Crippen molar-refractivity contribution in [3.05, 3.63) is 17.7 Å². The fourth-order valence-corrected chi connectivity index (χ4v) is 0.941. The third-order valence-electron chi connectivity index (χ3n) is 1.64. The van der Waals surface area contributed by atoms with Gasteiger partial charge in [-0.25, -0.2) is 4.79 Å². The molecule has 0 radical (unpaired) electrons. The van der Waals surface area contributed by atoms with Crippen molar-refractivity contribution in [3.63, 3.8) is 0 Å². The summed E-state index contributed by atoms with van der Waals surface area (Å²) in [6.45, 7) is 0. The van der Waals surface area contributed by atoms with Gasteiger partial charge in [-0.3, -0.25) is 0 Å². The molecule has 0 aliphatic rings. The summed E-state index contributed by atoms with van der Waals surface area (Å²) in [5, 5.41) is 8.67. The van der Waals surface area contributed by atoms with E-state index in [9.17, 15) is 4.79 Å². The molecule has 5 N–H and O–H groups in total. The van der Waals surface area contributed by atoms with Crippen LogP contribution in [0, 0.1) is 0 Å². The summed E-state index contributed by atoms with van der Waals surface area (Å²) in [4.78, 5) is 10.6. The van der Waals surface area contributed by atoms with Gasteiger partial charge in [0.05, 0.1) is 24.0 Å². The van der Waals surface area contributed by atoms with Gasteiger partial charge in [0.15, 0.2) is 0 Å². The van der Waals surface area contributed by atoms with E-state index in [1.165, 1.54) is 19.2 Å². The van der Waals surface area contributed by atoms with E-state index in [0.717, 1.165) is 0 Å². The number of carboxylic acids is 1. The highest BCUT2D eigenvalue weighted by Crippen LogP contribution is 2.28. The average molecular weight is 182 g/mol. The maximum Gasteiger partial charge on any atom is 0.335 e. The quantitative estimate of drug-likeness (QED) is 0.580. The largest absolute Gasteiger partial charge is 0.494 e. The highest BCUT2D eigenvalue weighted by molar-refractivity contribution is 5.91. The Balaban J connectivity index is 3.30. The molecule has 0 unspecified atom stereocenters. The van der Waals surface area contributed by atoms with Crippen molar-refractivity contribution < 1.29 is 14.6 Å². The lowest BCUT2D eigenvalue weighted by atomic mass is 10.1. The number of hydrogen-bond acceptors (Lipinski definition) is 4. The fraction of sp³-hybridized carbons (Fsp3) is 0.125. The Morgan fingerprint density at radius 1 is 1.46 bits per heavy atom. The third kappa shape index (κ3) is 1.64. The Labute approximate surface area is 74.9 Å². The molecule has 0 amide bonds. The molecular weight excluding hydrogens is 172 g/mol. The van der Waals surface area contributed by atoms with Gasteiger partial charge in [-0.1, -0.05) is 0 Å². The molecule has 0 aliphatic heterocycles. The van der Waals surface area contributed by atoms with Gasteiger partial charge in [0.25, 0.3) is 0 Å². The van der Waals surface area contributed by atoms with Crippen LogP contribution in [-0.2, 0) is 0 Å². The first-order valence-electron chi connectivity index (χ1n) is 3.52. The second-order valence-electron chi connectivity index (χ2n) is 2.49. The Morgan fingerprint density at radius 3 is 2.54 bits per heavy atom. The number of methoxy groups -OCH3 is 1. The monoisotopic (exact) mass is 182 g/mol. The summed E-state index contributed by atoms with van der Waals surface area (Å²) >= 11 is 0. The highest BCUT2D eigenvalue weighted by Gasteiger charge is 2.10. The zero-order chi connectivity index (χ0) is 10.0. The van der Waals surface area contributed by atoms with E-state index < -0.39 is 5.97 Å². The number of ether oxygens (including phenoxy) is 1. The topological polar surface area (TPSA) is 98.6 Å². The first-order chi connectivity index (χ1) is 6.06. The van der Waals surface area contributed by atoms with E-state index in [2.05, 4.69) is 0 Å². The zero-order valence-corrected chi connectivity index (χ0v) is 7.07. The average Bonchev–Trinajstić information content (AvgIpc) is 2.09. The molecule has 70 valence electrons. The molecule has 1 rings (SSSR count). The maximum absolute atomic E-state index is 10.6. The van der Waals surface area contributed by atoms with E-state index in [1.807, 2.05) is 0 Å². The van der Waals surface area contributed by atoms with E-state index in [0.29, 0.717) is 0 Å². The van der Waals surface area contributed by atoms with E-state index in [1.54, 1.807) is 0 Å². The minimum Gasteiger partial charge on any atom is -0.494 e. The molecule has 0 saturated carbocycles. The van der Waals surface area contributed by atoms with Crippen LogP contribution in [0.15, 0.2) is 12.1 Å². The van der Waals surface area contributed by atoms with Crippen LogP contribution in [0.3, 0.4) is 0 Å². The standard InChI is InChI=1S/C8H10N2O3/c1-13-6-3-4(8(11)12)2-5(9)7(6)10/h2-3H,9-10H2,1H3,(H,11,12). The van der Waals surface area contributed by atoms with Crippen molar-refractivity contribution >= 4 is 17.3 Å². The Bertz CT molecular complexity index is 349. The normalized spacial score (nSPS) is 9.62. The van der Waals surface area contributed by atoms with Crippen LogP contribution in [-0.4, -0.2) is 18.2 Å². The van der Waals surface area contributed by atoms with Gasteiger partial charge in [-0.2, -0.15) is 0 Å². The van der Waals surface area contributed by atoms with E-state index in [-0.39, 0.29) is 22.7 Å². The predicted molar refractivity (Wildman–Crippen MR) is 48.8 cm³/mol. The van der Waals surface area contributed by atoms with Crippen molar-refractivity contribution in [2.45, 2.75) is 0 Å². The van der Waals surface area contributed by atoms with Gasteiger partial charge in [0.2, 0.25) is 0 Å². The number of rotatable bonds is 2. The second kappa shape index (κ2) is 3.22. The summed E-state index contributed by atoms with van der Waals surface area (Å²) in [5.74, 6) is -0.789. The predicted octanol–water partition coefficient (Wildman–Crippen LogP) is 0.558. The molecule has 0 atom stereocenters. The third-order valence-corrected chi connectivity index (χ3v) is 1.64. The molecule has 5 heteroatoms. The Morgan fingerprint density at radius 2 is 2.08 bits per heavy atom. The van der Waals surface area contributed by atoms with Gasteiger partial charge >= 0.3 is 5.97 Å². The first-order valence-corrected chi connectivity index (χ1v) is 3.52. The molecule has 0 aromatic heterocycles. The number of hydrogen-bond donors (Lipinski definition) is 3. The second-order valence-corrected chi connectivity index (χ2v) is 2.49. The van der Waals surface area contributed by atoms with E-state index in [4.69, 9.17) is 21.3 Å². The van der Waals surface area contributed by atoms with Gasteiger partial charge < -0.3 is 21.3 Å². The van der Waals surface area contributed by atoms with Crippen LogP contribution in [0.2, 0.25) is 0 Å². The number of carbonyl (C=O) groups is 1. The van der Waals surface area contributed by atoms with Crippen molar-refractivity contribution in [3.8, 4) is 5.75 Å². The molecule has 0 aliphatic carbocycles. The van der Waals surface area contributed by atoms with Crippen LogP contribution in [0.25, 0.3) is 0 Å². The summed E-state index contributed by atoms with van der Waals surface area (Å²) in [6.07, 6.45) is 0. The van der Waals surface area contributed by atoms with Crippen LogP contribution in [0.1, 0.15) is 10.4 Å². The molecular formula is C8H10N2O3. The molecule has 5 nitrogen and oxygen atoms in total. The smallest absolute Gasteiger partial charge is 0.335 e. The lowest BCUT2D eigenvalue weighted by molar-refractivity contribution is 0.0696. The van der Waals surface area contributed by atoms with Crippen molar-refractivity contribution in [2.75, 3.05) is 18.6 Å². The number of nitrogen functional groups attached to an aromatic ring is 2. The van der Waals surface area contributed by atoms with E-state index >= 15 is 0 Å². The zero-order valence-electron chi connectivity index (χ0n) is 7.07. The summed E-state index contributed by atoms with van der Waals surface area (Å²) < 4.78 is 4.85. The number of benzene rings is 1. The van der Waals surface area contributed by atoms with Gasteiger partial charge in [-0.05, 0) is 12.1 Å². The highest BCUT2D eigenvalue weighted by atomic mass is 16.5. The molecule has 0 bridgehead atoms. The number of carboxylic acid groups (broad SMARTS) is 1. The van der Waals surface area contributed by atoms with Crippen molar-refractivity contribution in [2.24, 2.45) is 0 Å². The van der Waals surface area contributed by atoms with Crippen LogP contribution >= 0.6 is 0 Å². The molecule has 0 heterocycles. The van der Waals surface area contributed by atoms with Gasteiger partial charge in [0, 0.05) is 0 Å². The summed E-state index contributed by atoms with van der Waals surface area (Å²) in [6, 6.07) is 2.62. The summed E-state index contributed by atoms with van der Waals surface area (Å²) in [7, 11) is 1.40. The number of anilines is 2.